The van der Waals surface area contributed by atoms with E-state index in [0.29, 0.717) is 25.9 Å². The lowest BCUT2D eigenvalue weighted by atomic mass is 10.1. The summed E-state index contributed by atoms with van der Waals surface area (Å²) in [4.78, 5) is 0. The maximum Gasteiger partial charge on any atom is 0.224 e. The highest BCUT2D eigenvalue weighted by atomic mass is 79.9. The van der Waals surface area contributed by atoms with E-state index in [1.807, 2.05) is 0 Å². The summed E-state index contributed by atoms with van der Waals surface area (Å²) < 4.78 is 23.9. The minimum absolute atomic E-state index is 0.0317. The fraction of sp³-hybridized carbons (Fsp3) is 1.00. The second-order valence-electron chi connectivity index (χ2n) is 2.85. The van der Waals surface area contributed by atoms with Gasteiger partial charge in [-0.05, 0) is 12.8 Å². The molecule has 12 heavy (non-hydrogen) atoms. The molecule has 6 heteroatoms. The van der Waals surface area contributed by atoms with E-state index in [9.17, 15) is 8.42 Å². The van der Waals surface area contributed by atoms with E-state index in [-0.39, 0.29) is 10.8 Å². The van der Waals surface area contributed by atoms with Crippen molar-refractivity contribution < 1.29 is 13.5 Å². The Morgan fingerprint density at radius 3 is 2.33 bits per heavy atom. The molecule has 1 saturated heterocycles. The first-order valence-electron chi connectivity index (χ1n) is 3.78. The molecule has 0 aromatic carbocycles. The van der Waals surface area contributed by atoms with Gasteiger partial charge in [-0.15, -0.1) is 0 Å². The van der Waals surface area contributed by atoms with Crippen LogP contribution in [0.3, 0.4) is 0 Å². The Bertz CT molecular complexity index is 233. The zero-order valence-corrected chi connectivity index (χ0v) is 9.01. The Balaban J connectivity index is 2.56. The normalized spacial score (nSPS) is 22.8. The van der Waals surface area contributed by atoms with Crippen molar-refractivity contribution in [1.82, 2.24) is 4.31 Å². The van der Waals surface area contributed by atoms with Crippen LogP contribution < -0.4 is 0 Å². The highest BCUT2D eigenvalue weighted by molar-refractivity contribution is 9.10. The van der Waals surface area contributed by atoms with Gasteiger partial charge >= 0.3 is 0 Å². The van der Waals surface area contributed by atoms with Crippen LogP contribution >= 0.6 is 15.9 Å². The maximum atomic E-state index is 11.3. The molecule has 1 rings (SSSR count). The number of hydrogen-bond acceptors (Lipinski definition) is 3. The van der Waals surface area contributed by atoms with Crippen LogP contribution in [0.5, 0.6) is 0 Å². The zero-order valence-electron chi connectivity index (χ0n) is 6.61. The summed E-state index contributed by atoms with van der Waals surface area (Å²) in [6, 6.07) is 0. The minimum atomic E-state index is -3.11. The zero-order chi connectivity index (χ0) is 9.19. The summed E-state index contributed by atoms with van der Waals surface area (Å²) in [5.74, 6) is 0. The molecule has 1 aliphatic rings. The Labute approximate surface area is 80.7 Å². The van der Waals surface area contributed by atoms with Gasteiger partial charge in [0.1, 0.15) is 4.66 Å². The standard InChI is InChI=1S/C6H12BrNO3S/c7-5-12(10,11)8-3-1-6(9)2-4-8/h6,9H,1-5H2. The van der Waals surface area contributed by atoms with E-state index in [0.717, 1.165) is 0 Å². The third kappa shape index (κ3) is 2.42. The lowest BCUT2D eigenvalue weighted by Crippen LogP contribution is -2.40. The van der Waals surface area contributed by atoms with Gasteiger partial charge in [-0.3, -0.25) is 0 Å². The number of sulfonamides is 1. The fourth-order valence-electron chi connectivity index (χ4n) is 1.19. The first kappa shape index (κ1) is 10.4. The molecule has 1 aliphatic heterocycles. The first-order chi connectivity index (χ1) is 5.56. The van der Waals surface area contributed by atoms with Crippen molar-refractivity contribution in [2.24, 2.45) is 0 Å². The van der Waals surface area contributed by atoms with Crippen LogP contribution in [0.4, 0.5) is 0 Å². The average molecular weight is 258 g/mol. The van der Waals surface area contributed by atoms with Gasteiger partial charge in [0.25, 0.3) is 0 Å². The molecule has 0 bridgehead atoms. The van der Waals surface area contributed by atoms with Crippen LogP contribution in [0.25, 0.3) is 0 Å². The highest BCUT2D eigenvalue weighted by Crippen LogP contribution is 2.14. The number of alkyl halides is 1. The van der Waals surface area contributed by atoms with Crippen LogP contribution in [0.15, 0.2) is 0 Å². The molecular weight excluding hydrogens is 246 g/mol. The topological polar surface area (TPSA) is 57.6 Å². The summed E-state index contributed by atoms with van der Waals surface area (Å²) in [5, 5.41) is 9.13. The molecule has 0 aromatic rings. The van der Waals surface area contributed by atoms with E-state index in [1.54, 1.807) is 0 Å². The molecule has 0 unspecified atom stereocenters. The number of aliphatic hydroxyl groups is 1. The Morgan fingerprint density at radius 2 is 1.92 bits per heavy atom. The van der Waals surface area contributed by atoms with Crippen molar-refractivity contribution in [3.63, 3.8) is 0 Å². The molecule has 0 atom stereocenters. The lowest BCUT2D eigenvalue weighted by molar-refractivity contribution is 0.113. The van der Waals surface area contributed by atoms with Crippen molar-refractivity contribution in [1.29, 1.82) is 0 Å². The van der Waals surface area contributed by atoms with Crippen LogP contribution in [0.2, 0.25) is 0 Å². The molecule has 72 valence electrons. The Kier molecular flexibility index (Phi) is 3.51. The number of aliphatic hydroxyl groups excluding tert-OH is 1. The van der Waals surface area contributed by atoms with Crippen molar-refractivity contribution in [2.45, 2.75) is 18.9 Å². The van der Waals surface area contributed by atoms with E-state index >= 15 is 0 Å². The van der Waals surface area contributed by atoms with Crippen molar-refractivity contribution in [2.75, 3.05) is 17.8 Å². The first-order valence-corrected chi connectivity index (χ1v) is 6.51. The van der Waals surface area contributed by atoms with E-state index in [2.05, 4.69) is 15.9 Å². The predicted molar refractivity (Wildman–Crippen MR) is 49.5 cm³/mol. The molecule has 0 amide bonds. The van der Waals surface area contributed by atoms with Crippen LogP contribution in [0.1, 0.15) is 12.8 Å². The fourth-order valence-corrected chi connectivity index (χ4v) is 2.96. The third-order valence-electron chi connectivity index (χ3n) is 1.95. The smallest absolute Gasteiger partial charge is 0.224 e. The minimum Gasteiger partial charge on any atom is -0.393 e. The average Bonchev–Trinajstić information content (AvgIpc) is 2.05. The summed E-state index contributed by atoms with van der Waals surface area (Å²) in [7, 11) is -3.11. The quantitative estimate of drug-likeness (QED) is 0.716. The SMILES string of the molecule is O=S(=O)(CBr)N1CCC(O)CC1. The van der Waals surface area contributed by atoms with Gasteiger partial charge in [0.15, 0.2) is 0 Å². The molecule has 0 aromatic heterocycles. The number of piperidine rings is 1. The number of halogens is 1. The van der Waals surface area contributed by atoms with E-state index < -0.39 is 10.0 Å². The third-order valence-corrected chi connectivity index (χ3v) is 5.12. The van der Waals surface area contributed by atoms with Crippen LogP contribution in [-0.2, 0) is 10.0 Å². The van der Waals surface area contributed by atoms with Gasteiger partial charge in [-0.1, -0.05) is 15.9 Å². The lowest BCUT2D eigenvalue weighted by Gasteiger charge is -2.27. The van der Waals surface area contributed by atoms with Gasteiger partial charge < -0.3 is 5.11 Å². The molecule has 1 N–H and O–H groups in total. The van der Waals surface area contributed by atoms with Crippen LogP contribution in [-0.4, -0.2) is 41.7 Å². The predicted octanol–water partition coefficient (Wildman–Crippen LogP) is 0.125. The van der Waals surface area contributed by atoms with Gasteiger partial charge in [0.05, 0.1) is 6.10 Å². The summed E-state index contributed by atoms with van der Waals surface area (Å²) in [6.45, 7) is 0.879. The molecule has 0 saturated carbocycles. The van der Waals surface area contributed by atoms with Gasteiger partial charge in [-0.25, -0.2) is 12.7 Å². The largest absolute Gasteiger partial charge is 0.393 e. The number of hydrogen-bond donors (Lipinski definition) is 1. The summed E-state index contributed by atoms with van der Waals surface area (Å²) >= 11 is 2.93. The van der Waals surface area contributed by atoms with Crippen molar-refractivity contribution in [3.8, 4) is 0 Å². The van der Waals surface area contributed by atoms with Crippen molar-refractivity contribution in [3.05, 3.63) is 0 Å². The number of nitrogens with zero attached hydrogens (tertiary/aromatic N) is 1. The number of rotatable bonds is 2. The molecule has 4 nitrogen and oxygen atoms in total. The second kappa shape index (κ2) is 4.04. The molecule has 1 heterocycles. The van der Waals surface area contributed by atoms with Gasteiger partial charge in [-0.2, -0.15) is 0 Å². The second-order valence-corrected chi connectivity index (χ2v) is 6.12. The Hall–Kier alpha value is 0.350. The van der Waals surface area contributed by atoms with Crippen LogP contribution in [0, 0.1) is 0 Å². The highest BCUT2D eigenvalue weighted by Gasteiger charge is 2.25. The molecule has 0 spiro atoms. The molecular formula is C6H12BrNO3S. The summed E-state index contributed by atoms with van der Waals surface area (Å²) in [6.07, 6.45) is 0.769. The van der Waals surface area contributed by atoms with Gasteiger partial charge in [0.2, 0.25) is 10.0 Å². The molecule has 0 aliphatic carbocycles. The Morgan fingerprint density at radius 1 is 1.42 bits per heavy atom. The van der Waals surface area contributed by atoms with Crippen molar-refractivity contribution >= 4 is 26.0 Å². The monoisotopic (exact) mass is 257 g/mol. The molecule has 1 fully saturated rings. The van der Waals surface area contributed by atoms with E-state index in [4.69, 9.17) is 5.11 Å². The maximum absolute atomic E-state index is 11.3. The van der Waals surface area contributed by atoms with Gasteiger partial charge in [0, 0.05) is 13.1 Å². The van der Waals surface area contributed by atoms with E-state index in [1.165, 1.54) is 4.31 Å². The molecule has 0 radical (unpaired) electrons. The summed E-state index contributed by atoms with van der Waals surface area (Å²) in [5.41, 5.74) is 0.